The first-order valence-electron chi connectivity index (χ1n) is 2.67. The number of hydroxylamine groups is 1. The SMILES string of the molecule is CONC(=O)c1cc[nH]n1. The van der Waals surface area contributed by atoms with E-state index in [0.717, 1.165) is 0 Å². The average Bonchev–Trinajstić information content (AvgIpc) is 2.38. The molecule has 54 valence electrons. The van der Waals surface area contributed by atoms with E-state index in [2.05, 4.69) is 20.5 Å². The lowest BCUT2D eigenvalue weighted by atomic mass is 10.4. The maximum Gasteiger partial charge on any atom is 0.295 e. The van der Waals surface area contributed by atoms with Gasteiger partial charge in [0, 0.05) is 6.20 Å². The summed E-state index contributed by atoms with van der Waals surface area (Å²) in [5, 5.41) is 6.12. The first-order chi connectivity index (χ1) is 4.84. The second-order valence-electron chi connectivity index (χ2n) is 1.59. The number of amides is 1. The predicted molar refractivity (Wildman–Crippen MR) is 33.1 cm³/mol. The summed E-state index contributed by atoms with van der Waals surface area (Å²) >= 11 is 0. The fourth-order valence-electron chi connectivity index (χ4n) is 0.532. The maximum absolute atomic E-state index is 10.8. The van der Waals surface area contributed by atoms with Gasteiger partial charge in [0.25, 0.3) is 5.91 Å². The molecule has 0 spiro atoms. The quantitative estimate of drug-likeness (QED) is 0.555. The number of carbonyl (C=O) groups is 1. The molecule has 0 saturated carbocycles. The molecule has 1 aromatic rings. The summed E-state index contributed by atoms with van der Waals surface area (Å²) in [7, 11) is 1.37. The summed E-state index contributed by atoms with van der Waals surface area (Å²) in [4.78, 5) is 15.2. The molecule has 0 unspecified atom stereocenters. The Morgan fingerprint density at radius 1 is 1.90 bits per heavy atom. The Morgan fingerprint density at radius 2 is 2.70 bits per heavy atom. The number of H-pyrrole nitrogens is 1. The Morgan fingerprint density at radius 3 is 3.20 bits per heavy atom. The number of aromatic amines is 1. The summed E-state index contributed by atoms with van der Waals surface area (Å²) in [5.41, 5.74) is 2.43. The van der Waals surface area contributed by atoms with Crippen LogP contribution in [0.15, 0.2) is 12.3 Å². The second kappa shape index (κ2) is 2.98. The molecule has 0 atom stereocenters. The zero-order valence-electron chi connectivity index (χ0n) is 5.42. The first-order valence-corrected chi connectivity index (χ1v) is 2.67. The number of carbonyl (C=O) groups excluding carboxylic acids is 1. The zero-order valence-corrected chi connectivity index (χ0v) is 5.42. The van der Waals surface area contributed by atoms with Gasteiger partial charge in [0.15, 0.2) is 5.69 Å². The van der Waals surface area contributed by atoms with E-state index in [0.29, 0.717) is 5.69 Å². The molecule has 10 heavy (non-hydrogen) atoms. The molecule has 0 radical (unpaired) electrons. The van der Waals surface area contributed by atoms with E-state index in [1.807, 2.05) is 0 Å². The Hall–Kier alpha value is -1.36. The molecule has 5 nitrogen and oxygen atoms in total. The van der Waals surface area contributed by atoms with E-state index in [-0.39, 0.29) is 5.91 Å². The van der Waals surface area contributed by atoms with Gasteiger partial charge in [-0.05, 0) is 6.07 Å². The zero-order chi connectivity index (χ0) is 7.40. The van der Waals surface area contributed by atoms with Gasteiger partial charge in [-0.15, -0.1) is 0 Å². The molecule has 5 heteroatoms. The molecule has 0 bridgehead atoms. The van der Waals surface area contributed by atoms with Gasteiger partial charge in [0.05, 0.1) is 7.11 Å². The molecule has 0 fully saturated rings. The van der Waals surface area contributed by atoms with Gasteiger partial charge in [-0.2, -0.15) is 5.10 Å². The Bertz CT molecular complexity index is 207. The van der Waals surface area contributed by atoms with Crippen LogP contribution in [0.3, 0.4) is 0 Å². The molecule has 0 saturated heterocycles. The minimum absolute atomic E-state index is 0.307. The predicted octanol–water partition coefficient (Wildman–Crippen LogP) is -0.299. The Kier molecular flexibility index (Phi) is 2.01. The van der Waals surface area contributed by atoms with Crippen LogP contribution in [-0.4, -0.2) is 23.2 Å². The van der Waals surface area contributed by atoms with E-state index in [4.69, 9.17) is 0 Å². The molecular formula is C5H7N3O2. The van der Waals surface area contributed by atoms with Crippen LogP contribution >= 0.6 is 0 Å². The topological polar surface area (TPSA) is 67.0 Å². The molecule has 0 aliphatic carbocycles. The lowest BCUT2D eigenvalue weighted by molar-refractivity contribution is 0.0532. The van der Waals surface area contributed by atoms with Crippen LogP contribution in [0.5, 0.6) is 0 Å². The molecule has 2 N–H and O–H groups in total. The minimum Gasteiger partial charge on any atom is -0.285 e. The van der Waals surface area contributed by atoms with Gasteiger partial charge in [-0.1, -0.05) is 0 Å². The van der Waals surface area contributed by atoms with Crippen molar-refractivity contribution in [1.82, 2.24) is 15.7 Å². The van der Waals surface area contributed by atoms with Gasteiger partial charge in [0.2, 0.25) is 0 Å². The van der Waals surface area contributed by atoms with Crippen LogP contribution in [0.25, 0.3) is 0 Å². The summed E-state index contributed by atoms with van der Waals surface area (Å²) < 4.78 is 0. The summed E-state index contributed by atoms with van der Waals surface area (Å²) in [6.45, 7) is 0. The number of nitrogens with one attached hydrogen (secondary N) is 2. The Labute approximate surface area is 57.3 Å². The van der Waals surface area contributed by atoms with Crippen molar-refractivity contribution in [3.63, 3.8) is 0 Å². The Balaban J connectivity index is 2.59. The standard InChI is InChI=1S/C5H7N3O2/c1-10-8-5(9)4-2-3-6-7-4/h2-3H,1H3,(H,6,7)(H,8,9). The molecular weight excluding hydrogens is 134 g/mol. The lowest BCUT2D eigenvalue weighted by Gasteiger charge is -1.95. The fourth-order valence-corrected chi connectivity index (χ4v) is 0.532. The van der Waals surface area contributed by atoms with Crippen LogP contribution in [0.1, 0.15) is 10.5 Å². The number of aromatic nitrogens is 2. The largest absolute Gasteiger partial charge is 0.295 e. The van der Waals surface area contributed by atoms with Crippen LogP contribution in [0.4, 0.5) is 0 Å². The van der Waals surface area contributed by atoms with E-state index in [1.165, 1.54) is 7.11 Å². The van der Waals surface area contributed by atoms with Crippen molar-refractivity contribution < 1.29 is 9.63 Å². The van der Waals surface area contributed by atoms with E-state index < -0.39 is 0 Å². The van der Waals surface area contributed by atoms with Crippen molar-refractivity contribution >= 4 is 5.91 Å². The highest BCUT2D eigenvalue weighted by Crippen LogP contribution is 1.89. The van der Waals surface area contributed by atoms with Crippen molar-refractivity contribution in [2.24, 2.45) is 0 Å². The monoisotopic (exact) mass is 141 g/mol. The first kappa shape index (κ1) is 6.76. The molecule has 0 aliphatic rings. The smallest absolute Gasteiger partial charge is 0.285 e. The van der Waals surface area contributed by atoms with Gasteiger partial charge in [0.1, 0.15) is 0 Å². The lowest BCUT2D eigenvalue weighted by Crippen LogP contribution is -2.21. The van der Waals surface area contributed by atoms with Crippen LogP contribution in [0, 0.1) is 0 Å². The van der Waals surface area contributed by atoms with Crippen molar-refractivity contribution in [2.45, 2.75) is 0 Å². The van der Waals surface area contributed by atoms with Gasteiger partial charge in [-0.25, -0.2) is 5.48 Å². The molecule has 0 aromatic carbocycles. The minimum atomic E-state index is -0.358. The molecule has 1 rings (SSSR count). The van der Waals surface area contributed by atoms with E-state index >= 15 is 0 Å². The van der Waals surface area contributed by atoms with Gasteiger partial charge in [-0.3, -0.25) is 14.7 Å². The van der Waals surface area contributed by atoms with Crippen molar-refractivity contribution in [3.8, 4) is 0 Å². The summed E-state index contributed by atoms with van der Waals surface area (Å²) in [6.07, 6.45) is 1.56. The highest BCUT2D eigenvalue weighted by atomic mass is 16.6. The third-order valence-corrected chi connectivity index (χ3v) is 0.928. The van der Waals surface area contributed by atoms with E-state index in [1.54, 1.807) is 12.3 Å². The fraction of sp³-hybridized carbons (Fsp3) is 0.200. The second-order valence-corrected chi connectivity index (χ2v) is 1.59. The van der Waals surface area contributed by atoms with Gasteiger partial charge >= 0.3 is 0 Å². The molecule has 1 aromatic heterocycles. The molecule has 1 amide bonds. The van der Waals surface area contributed by atoms with Crippen molar-refractivity contribution in [1.29, 1.82) is 0 Å². The van der Waals surface area contributed by atoms with Crippen LogP contribution < -0.4 is 5.48 Å². The highest BCUT2D eigenvalue weighted by Gasteiger charge is 2.04. The number of nitrogens with zero attached hydrogens (tertiary/aromatic N) is 1. The van der Waals surface area contributed by atoms with Gasteiger partial charge < -0.3 is 0 Å². The number of hydrogen-bond donors (Lipinski definition) is 2. The molecule has 0 aliphatic heterocycles. The highest BCUT2D eigenvalue weighted by molar-refractivity contribution is 5.91. The van der Waals surface area contributed by atoms with E-state index in [9.17, 15) is 4.79 Å². The van der Waals surface area contributed by atoms with Crippen LogP contribution in [-0.2, 0) is 4.84 Å². The van der Waals surface area contributed by atoms with Crippen LogP contribution in [0.2, 0.25) is 0 Å². The third kappa shape index (κ3) is 1.32. The van der Waals surface area contributed by atoms with Crippen molar-refractivity contribution in [3.05, 3.63) is 18.0 Å². The molecule has 1 heterocycles. The third-order valence-electron chi connectivity index (χ3n) is 0.928. The van der Waals surface area contributed by atoms with Crippen molar-refractivity contribution in [2.75, 3.05) is 7.11 Å². The maximum atomic E-state index is 10.8. The number of rotatable bonds is 2. The number of hydrogen-bond acceptors (Lipinski definition) is 3. The summed E-state index contributed by atoms with van der Waals surface area (Å²) in [6, 6.07) is 1.55. The normalized spacial score (nSPS) is 9.30. The summed E-state index contributed by atoms with van der Waals surface area (Å²) in [5.74, 6) is -0.358. The average molecular weight is 141 g/mol.